The smallest absolute Gasteiger partial charge is 0.305 e. The second-order valence-corrected chi connectivity index (χ2v) is 17.6. The van der Waals surface area contributed by atoms with Crippen molar-refractivity contribution in [3.63, 3.8) is 0 Å². The Morgan fingerprint density at radius 2 is 1.95 bits per heavy atom. The van der Waals surface area contributed by atoms with Gasteiger partial charge in [0.1, 0.15) is 0 Å². The second-order valence-electron chi connectivity index (χ2n) is 12.8. The van der Waals surface area contributed by atoms with E-state index in [0.717, 1.165) is 38.7 Å². The molecule has 1 aliphatic heterocycles. The van der Waals surface area contributed by atoms with Crippen molar-refractivity contribution in [2.75, 3.05) is 13.7 Å². The molecule has 6 nitrogen and oxygen atoms in total. The molecule has 1 heterocycles. The number of esters is 1. The van der Waals surface area contributed by atoms with Crippen molar-refractivity contribution in [3.8, 4) is 11.8 Å². The van der Waals surface area contributed by atoms with Crippen LogP contribution in [-0.4, -0.2) is 57.7 Å². The van der Waals surface area contributed by atoms with Crippen molar-refractivity contribution in [1.82, 2.24) is 0 Å². The lowest BCUT2D eigenvalue weighted by Gasteiger charge is -2.40. The maximum atomic E-state index is 11.4. The number of hydrogen-bond donors (Lipinski definition) is 1. The molecule has 0 radical (unpaired) electrons. The highest BCUT2D eigenvalue weighted by Gasteiger charge is 2.47. The molecule has 0 spiro atoms. The van der Waals surface area contributed by atoms with Gasteiger partial charge in [0.15, 0.2) is 14.6 Å². The monoisotopic (exact) mass is 564 g/mol. The summed E-state index contributed by atoms with van der Waals surface area (Å²) in [5.74, 6) is 6.38. The third-order valence-corrected chi connectivity index (χ3v) is 13.1. The number of carbonyl (C=O) groups excluding carboxylic acids is 1. The lowest BCUT2D eigenvalue weighted by Crippen LogP contribution is -2.45. The molecule has 1 unspecified atom stereocenters. The van der Waals surface area contributed by atoms with E-state index in [1.807, 2.05) is 0 Å². The van der Waals surface area contributed by atoms with E-state index >= 15 is 0 Å². The van der Waals surface area contributed by atoms with Crippen LogP contribution < -0.4 is 0 Å². The van der Waals surface area contributed by atoms with Crippen LogP contribution in [0.1, 0.15) is 105 Å². The van der Waals surface area contributed by atoms with Gasteiger partial charge >= 0.3 is 5.97 Å². The highest BCUT2D eigenvalue weighted by Crippen LogP contribution is 2.44. The first-order valence-corrected chi connectivity index (χ1v) is 18.2. The van der Waals surface area contributed by atoms with Crippen LogP contribution in [0.15, 0.2) is 12.2 Å². The van der Waals surface area contributed by atoms with Crippen LogP contribution in [0.25, 0.3) is 0 Å². The van der Waals surface area contributed by atoms with Crippen LogP contribution in [0.5, 0.6) is 0 Å². The van der Waals surface area contributed by atoms with Gasteiger partial charge in [0.05, 0.1) is 25.4 Å². The lowest BCUT2D eigenvalue weighted by molar-refractivity contribution is -0.179. The molecule has 1 saturated heterocycles. The van der Waals surface area contributed by atoms with Crippen LogP contribution >= 0.6 is 0 Å². The van der Waals surface area contributed by atoms with Crippen molar-refractivity contribution >= 4 is 14.3 Å². The molecule has 0 aromatic rings. The van der Waals surface area contributed by atoms with Gasteiger partial charge < -0.3 is 23.7 Å². The summed E-state index contributed by atoms with van der Waals surface area (Å²) >= 11 is 0. The lowest BCUT2D eigenvalue weighted by atomic mass is 9.90. The molecular weight excluding hydrogens is 508 g/mol. The first-order chi connectivity index (χ1) is 18.5. The summed E-state index contributed by atoms with van der Waals surface area (Å²) < 4.78 is 23.9. The number of unbranched alkanes of at least 4 members (excludes halogenated alkanes) is 3. The van der Waals surface area contributed by atoms with Crippen molar-refractivity contribution in [1.29, 1.82) is 0 Å². The minimum Gasteiger partial charge on any atom is -0.469 e. The predicted molar refractivity (Wildman–Crippen MR) is 160 cm³/mol. The average molecular weight is 565 g/mol. The zero-order chi connectivity index (χ0) is 28.9. The van der Waals surface area contributed by atoms with Gasteiger partial charge in [-0.1, -0.05) is 59.1 Å². The molecule has 2 fully saturated rings. The van der Waals surface area contributed by atoms with Crippen LogP contribution in [0.4, 0.5) is 0 Å². The zero-order valence-corrected chi connectivity index (χ0v) is 26.8. The van der Waals surface area contributed by atoms with Crippen LogP contribution in [-0.2, 0) is 23.4 Å². The number of aliphatic hydroxyl groups excluding tert-OH is 1. The largest absolute Gasteiger partial charge is 0.469 e. The number of methoxy groups -OCH3 is 1. The summed E-state index contributed by atoms with van der Waals surface area (Å²) in [6, 6.07) is 0. The molecule has 0 aromatic carbocycles. The van der Waals surface area contributed by atoms with Gasteiger partial charge in [-0.05, 0) is 56.7 Å². The summed E-state index contributed by atoms with van der Waals surface area (Å²) in [5.41, 5.74) is 0. The molecule has 39 heavy (non-hydrogen) atoms. The number of carbonyl (C=O) groups is 1. The Hall–Kier alpha value is -1.17. The normalized spacial score (nSPS) is 26.8. The molecule has 1 aliphatic carbocycles. The Kier molecular flexibility index (Phi) is 14.8. The SMILES string of the molecule is CCCCC[C@@H](/C=C/[C@@H]1[C@@H](CC#CCCCC(=O)OC)[C@@H](O)C[C@H]1O[Si](C)(C)C(C)(C)C)OC1CCCCO1. The molecular formula is C32H56O6Si. The number of aliphatic hydroxyl groups is 1. The van der Waals surface area contributed by atoms with E-state index in [-0.39, 0.29) is 41.3 Å². The average Bonchev–Trinajstić information content (AvgIpc) is 3.17. The molecule has 1 N–H and O–H groups in total. The quantitative estimate of drug-likeness (QED) is 0.0793. The van der Waals surface area contributed by atoms with Gasteiger partial charge in [-0.2, -0.15) is 0 Å². The highest BCUT2D eigenvalue weighted by molar-refractivity contribution is 6.74. The first kappa shape index (κ1) is 34.0. The van der Waals surface area contributed by atoms with Crippen molar-refractivity contribution in [2.45, 2.75) is 147 Å². The summed E-state index contributed by atoms with van der Waals surface area (Å²) in [7, 11) is -0.618. The Morgan fingerprint density at radius 1 is 1.18 bits per heavy atom. The third kappa shape index (κ3) is 11.7. The molecule has 6 atom stereocenters. The number of rotatable bonds is 14. The van der Waals surface area contributed by atoms with E-state index in [2.05, 4.69) is 64.8 Å². The fourth-order valence-corrected chi connectivity index (χ4v) is 6.46. The minimum atomic E-state index is -2.03. The first-order valence-electron chi connectivity index (χ1n) is 15.3. The fraction of sp³-hybridized carbons (Fsp3) is 0.844. The van der Waals surface area contributed by atoms with Crippen molar-refractivity contribution in [2.24, 2.45) is 11.8 Å². The van der Waals surface area contributed by atoms with Crippen LogP contribution in [0.2, 0.25) is 18.1 Å². The molecule has 2 rings (SSSR count). The molecule has 2 aliphatic rings. The van der Waals surface area contributed by atoms with Crippen LogP contribution in [0, 0.1) is 23.7 Å². The standard InChI is InChI=1S/C32H56O6Si/c1-8-9-12-17-25(37-31-20-15-16-23-36-31)21-22-27-26(18-13-10-11-14-19-30(34)35-5)28(33)24-29(27)38-39(6,7)32(2,3)4/h21-22,25-29,31,33H,8-9,11-12,14-20,23-24H2,1-7H3/b22-21+/t25-,26+,27+,28-,29+,31?/m0/s1. The summed E-state index contributed by atoms with van der Waals surface area (Å²) in [5, 5.41) is 11.2. The van der Waals surface area contributed by atoms with E-state index in [4.69, 9.17) is 18.6 Å². The maximum absolute atomic E-state index is 11.4. The van der Waals surface area contributed by atoms with E-state index < -0.39 is 14.4 Å². The molecule has 0 aromatic heterocycles. The van der Waals surface area contributed by atoms with E-state index in [9.17, 15) is 9.90 Å². The summed E-state index contributed by atoms with van der Waals surface area (Å²) in [4.78, 5) is 11.4. The Morgan fingerprint density at radius 3 is 2.59 bits per heavy atom. The third-order valence-electron chi connectivity index (χ3n) is 8.62. The van der Waals surface area contributed by atoms with Gasteiger partial charge in [-0.25, -0.2) is 0 Å². The number of hydrogen-bond acceptors (Lipinski definition) is 6. The highest BCUT2D eigenvalue weighted by atomic mass is 28.4. The molecule has 0 bridgehead atoms. The maximum Gasteiger partial charge on any atom is 0.305 e. The van der Waals surface area contributed by atoms with Crippen molar-refractivity contribution < 1.29 is 28.5 Å². The predicted octanol–water partition coefficient (Wildman–Crippen LogP) is 7.16. The topological polar surface area (TPSA) is 74.2 Å². The van der Waals surface area contributed by atoms with Crippen LogP contribution in [0.3, 0.4) is 0 Å². The molecule has 224 valence electrons. The molecule has 7 heteroatoms. The Bertz CT molecular complexity index is 802. The summed E-state index contributed by atoms with van der Waals surface area (Å²) in [6.45, 7) is 14.3. The van der Waals surface area contributed by atoms with Crippen molar-refractivity contribution in [3.05, 3.63) is 12.2 Å². The van der Waals surface area contributed by atoms with E-state index in [0.29, 0.717) is 32.1 Å². The van der Waals surface area contributed by atoms with Gasteiger partial charge in [0.2, 0.25) is 0 Å². The van der Waals surface area contributed by atoms with Gasteiger partial charge in [0.25, 0.3) is 0 Å². The Balaban J connectivity index is 2.19. The minimum absolute atomic E-state index is 0.00373. The van der Waals surface area contributed by atoms with E-state index in [1.54, 1.807) is 0 Å². The Labute approximate surface area is 239 Å². The van der Waals surface area contributed by atoms with Gasteiger partial charge in [-0.3, -0.25) is 4.79 Å². The van der Waals surface area contributed by atoms with E-state index in [1.165, 1.54) is 20.0 Å². The molecule has 1 saturated carbocycles. The van der Waals surface area contributed by atoms with Gasteiger partial charge in [-0.15, -0.1) is 11.8 Å². The summed E-state index contributed by atoms with van der Waals surface area (Å²) in [6.07, 6.45) is 14.5. The number of ether oxygens (including phenoxy) is 3. The fourth-order valence-electron chi connectivity index (χ4n) is 5.10. The molecule has 0 amide bonds. The second kappa shape index (κ2) is 16.9. The van der Waals surface area contributed by atoms with Gasteiger partial charge in [0, 0.05) is 37.7 Å². The zero-order valence-electron chi connectivity index (χ0n) is 25.8.